The van der Waals surface area contributed by atoms with Gasteiger partial charge in [-0.15, -0.1) is 0 Å². The van der Waals surface area contributed by atoms with E-state index in [0.29, 0.717) is 11.4 Å². The van der Waals surface area contributed by atoms with E-state index in [4.69, 9.17) is 10.2 Å². The lowest BCUT2D eigenvalue weighted by molar-refractivity contribution is 0.526. The SMILES string of the molecule is C=Cc1oc(C)c(N)c1C=C. The summed E-state index contributed by atoms with van der Waals surface area (Å²) in [5.41, 5.74) is 7.16. The molecule has 58 valence electrons. The maximum Gasteiger partial charge on any atom is 0.135 e. The highest BCUT2D eigenvalue weighted by Crippen LogP contribution is 2.26. The number of rotatable bonds is 2. The van der Waals surface area contributed by atoms with Crippen molar-refractivity contribution in [2.24, 2.45) is 0 Å². The molecule has 0 aromatic carbocycles. The van der Waals surface area contributed by atoms with Crippen molar-refractivity contribution in [2.75, 3.05) is 5.73 Å². The predicted octanol–water partition coefficient (Wildman–Crippen LogP) is 2.46. The highest BCUT2D eigenvalue weighted by Gasteiger charge is 2.08. The van der Waals surface area contributed by atoms with Crippen LogP contribution in [0.2, 0.25) is 0 Å². The second kappa shape index (κ2) is 2.66. The minimum Gasteiger partial charge on any atom is -0.459 e. The molecule has 0 saturated carbocycles. The molecule has 0 aliphatic heterocycles. The Bertz CT molecular complexity index is 297. The van der Waals surface area contributed by atoms with Crippen molar-refractivity contribution in [3.05, 3.63) is 30.2 Å². The largest absolute Gasteiger partial charge is 0.459 e. The van der Waals surface area contributed by atoms with Gasteiger partial charge in [-0.3, -0.25) is 0 Å². The van der Waals surface area contributed by atoms with Gasteiger partial charge in [-0.1, -0.05) is 19.2 Å². The van der Waals surface area contributed by atoms with Gasteiger partial charge < -0.3 is 10.2 Å². The molecule has 2 nitrogen and oxygen atoms in total. The van der Waals surface area contributed by atoms with E-state index in [0.717, 1.165) is 11.3 Å². The molecule has 0 amide bonds. The van der Waals surface area contributed by atoms with Gasteiger partial charge in [0.25, 0.3) is 0 Å². The Labute approximate surface area is 66.0 Å². The van der Waals surface area contributed by atoms with E-state index in [9.17, 15) is 0 Å². The molecule has 0 radical (unpaired) electrons. The van der Waals surface area contributed by atoms with E-state index in [1.165, 1.54) is 0 Å². The zero-order valence-corrected chi connectivity index (χ0v) is 6.55. The fourth-order valence-corrected chi connectivity index (χ4v) is 0.959. The summed E-state index contributed by atoms with van der Waals surface area (Å²) in [4.78, 5) is 0. The lowest BCUT2D eigenvalue weighted by Gasteiger charge is -1.88. The van der Waals surface area contributed by atoms with E-state index >= 15 is 0 Å². The summed E-state index contributed by atoms with van der Waals surface area (Å²) in [7, 11) is 0. The standard InChI is InChI=1S/C9H11NO/c1-4-7-8(5-2)11-6(3)9(7)10/h4-5H,1-2,10H2,3H3. The van der Waals surface area contributed by atoms with Gasteiger partial charge in [-0.25, -0.2) is 0 Å². The number of nitrogen functional groups attached to an aromatic ring is 1. The molecule has 0 atom stereocenters. The van der Waals surface area contributed by atoms with Crippen LogP contribution in [0.5, 0.6) is 0 Å². The first-order valence-electron chi connectivity index (χ1n) is 3.34. The molecule has 2 N–H and O–H groups in total. The second-order valence-electron chi connectivity index (χ2n) is 2.26. The summed E-state index contributed by atoms with van der Waals surface area (Å²) in [5.74, 6) is 1.41. The third-order valence-corrected chi connectivity index (χ3v) is 1.59. The number of nitrogens with two attached hydrogens (primary N) is 1. The monoisotopic (exact) mass is 149 g/mol. The maximum absolute atomic E-state index is 5.68. The van der Waals surface area contributed by atoms with Crippen molar-refractivity contribution in [1.29, 1.82) is 0 Å². The summed E-state index contributed by atoms with van der Waals surface area (Å²) in [6.07, 6.45) is 3.29. The molecule has 0 unspecified atom stereocenters. The maximum atomic E-state index is 5.68. The molecular formula is C9H11NO. The number of hydrogen-bond donors (Lipinski definition) is 1. The van der Waals surface area contributed by atoms with Crippen molar-refractivity contribution < 1.29 is 4.42 Å². The normalized spacial score (nSPS) is 9.55. The van der Waals surface area contributed by atoms with Gasteiger partial charge in [-0.2, -0.15) is 0 Å². The molecular weight excluding hydrogens is 138 g/mol. The van der Waals surface area contributed by atoms with E-state index < -0.39 is 0 Å². The Balaban J connectivity index is 3.37. The van der Waals surface area contributed by atoms with E-state index in [2.05, 4.69) is 13.2 Å². The average Bonchev–Trinajstić information content (AvgIpc) is 2.28. The summed E-state index contributed by atoms with van der Waals surface area (Å²) < 4.78 is 5.27. The van der Waals surface area contributed by atoms with Crippen LogP contribution in [-0.4, -0.2) is 0 Å². The van der Waals surface area contributed by atoms with Gasteiger partial charge in [0, 0.05) is 5.56 Å². The quantitative estimate of drug-likeness (QED) is 0.701. The summed E-state index contributed by atoms with van der Waals surface area (Å²) in [6.45, 7) is 9.04. The van der Waals surface area contributed by atoms with Gasteiger partial charge in [0.1, 0.15) is 11.5 Å². The Kier molecular flexibility index (Phi) is 1.85. The topological polar surface area (TPSA) is 39.2 Å². The molecule has 0 fully saturated rings. The smallest absolute Gasteiger partial charge is 0.135 e. The van der Waals surface area contributed by atoms with Crippen molar-refractivity contribution in [2.45, 2.75) is 6.92 Å². The van der Waals surface area contributed by atoms with Crippen LogP contribution < -0.4 is 5.73 Å². The average molecular weight is 149 g/mol. The molecule has 2 heteroatoms. The highest BCUT2D eigenvalue weighted by atomic mass is 16.3. The first kappa shape index (κ1) is 7.66. The Hall–Kier alpha value is -1.44. The Morgan fingerprint density at radius 1 is 1.36 bits per heavy atom. The van der Waals surface area contributed by atoms with Crippen LogP contribution in [0.3, 0.4) is 0 Å². The molecule has 0 aliphatic carbocycles. The van der Waals surface area contributed by atoms with Gasteiger partial charge in [-0.05, 0) is 13.0 Å². The van der Waals surface area contributed by atoms with Crippen LogP contribution in [0.15, 0.2) is 17.6 Å². The van der Waals surface area contributed by atoms with Crippen LogP contribution in [0.4, 0.5) is 5.69 Å². The van der Waals surface area contributed by atoms with Crippen LogP contribution in [0, 0.1) is 6.92 Å². The minimum absolute atomic E-state index is 0.648. The van der Waals surface area contributed by atoms with Gasteiger partial charge in [0.15, 0.2) is 0 Å². The zero-order chi connectivity index (χ0) is 8.43. The third-order valence-electron chi connectivity index (χ3n) is 1.59. The first-order chi connectivity index (χ1) is 5.20. The fourth-order valence-electron chi connectivity index (χ4n) is 0.959. The van der Waals surface area contributed by atoms with Crippen molar-refractivity contribution in [3.63, 3.8) is 0 Å². The predicted molar refractivity (Wildman–Crippen MR) is 48.0 cm³/mol. The van der Waals surface area contributed by atoms with Crippen LogP contribution >= 0.6 is 0 Å². The molecule has 0 bridgehead atoms. The number of anilines is 1. The lowest BCUT2D eigenvalue weighted by atomic mass is 10.2. The summed E-state index contributed by atoms with van der Waals surface area (Å²) in [6, 6.07) is 0. The van der Waals surface area contributed by atoms with E-state index in [1.807, 2.05) is 6.92 Å². The zero-order valence-electron chi connectivity index (χ0n) is 6.55. The summed E-state index contributed by atoms with van der Waals surface area (Å²) >= 11 is 0. The van der Waals surface area contributed by atoms with Crippen molar-refractivity contribution in [1.82, 2.24) is 0 Å². The molecule has 1 rings (SSSR count). The number of furan rings is 1. The van der Waals surface area contributed by atoms with Gasteiger partial charge in [0.05, 0.1) is 5.69 Å². The van der Waals surface area contributed by atoms with Crippen LogP contribution in [-0.2, 0) is 0 Å². The van der Waals surface area contributed by atoms with Crippen LogP contribution in [0.1, 0.15) is 17.1 Å². The highest BCUT2D eigenvalue weighted by molar-refractivity contribution is 5.72. The second-order valence-corrected chi connectivity index (χ2v) is 2.26. The van der Waals surface area contributed by atoms with E-state index in [1.54, 1.807) is 12.2 Å². The number of aryl methyl sites for hydroxylation is 1. The molecule has 1 heterocycles. The van der Waals surface area contributed by atoms with E-state index in [-0.39, 0.29) is 0 Å². The van der Waals surface area contributed by atoms with Gasteiger partial charge >= 0.3 is 0 Å². The third kappa shape index (κ3) is 1.07. The fraction of sp³-hybridized carbons (Fsp3) is 0.111. The first-order valence-corrected chi connectivity index (χ1v) is 3.34. The molecule has 1 aromatic heterocycles. The Morgan fingerprint density at radius 3 is 2.36 bits per heavy atom. The molecule has 0 saturated heterocycles. The molecule has 0 spiro atoms. The lowest BCUT2D eigenvalue weighted by Crippen LogP contribution is -1.86. The minimum atomic E-state index is 0.648. The molecule has 1 aromatic rings. The van der Waals surface area contributed by atoms with Crippen molar-refractivity contribution in [3.8, 4) is 0 Å². The number of hydrogen-bond acceptors (Lipinski definition) is 2. The molecule has 11 heavy (non-hydrogen) atoms. The summed E-state index contributed by atoms with van der Waals surface area (Å²) in [5, 5.41) is 0. The molecule has 0 aliphatic rings. The Morgan fingerprint density at radius 2 is 2.00 bits per heavy atom. The van der Waals surface area contributed by atoms with Crippen molar-refractivity contribution >= 4 is 17.8 Å². The van der Waals surface area contributed by atoms with Gasteiger partial charge in [0.2, 0.25) is 0 Å². The van der Waals surface area contributed by atoms with Crippen LogP contribution in [0.25, 0.3) is 12.2 Å².